The van der Waals surface area contributed by atoms with Crippen LogP contribution in [0.15, 0.2) is 12.2 Å². The summed E-state index contributed by atoms with van der Waals surface area (Å²) in [6.45, 7) is 7.42. The van der Waals surface area contributed by atoms with Gasteiger partial charge < -0.3 is 0 Å². The molecular formula is C26H49NO2. The molecule has 2 amide bonds. The summed E-state index contributed by atoms with van der Waals surface area (Å²) in [5.41, 5.74) is 0.381. The van der Waals surface area contributed by atoms with Gasteiger partial charge in [-0.15, -0.1) is 0 Å². The van der Waals surface area contributed by atoms with Crippen LogP contribution in [-0.2, 0) is 9.59 Å². The normalized spacial score (nSPS) is 10.8. The first-order chi connectivity index (χ1) is 14.1. The van der Waals surface area contributed by atoms with Gasteiger partial charge in [-0.25, -0.2) is 0 Å². The van der Waals surface area contributed by atoms with Gasteiger partial charge in [-0.05, 0) is 13.3 Å². The van der Waals surface area contributed by atoms with Crippen molar-refractivity contribution >= 4 is 11.8 Å². The van der Waals surface area contributed by atoms with E-state index < -0.39 is 0 Å². The molecule has 0 aromatic carbocycles. The Hall–Kier alpha value is -1.12. The number of unbranched alkanes of at least 4 members (excludes halogenated alkanes) is 18. The quantitative estimate of drug-likeness (QED) is 0.155. The highest BCUT2D eigenvalue weighted by atomic mass is 16.2. The second kappa shape index (κ2) is 21.6. The van der Waals surface area contributed by atoms with Gasteiger partial charge >= 0.3 is 0 Å². The predicted octanol–water partition coefficient (Wildman–Crippen LogP) is 8.03. The molecule has 0 aromatic rings. The van der Waals surface area contributed by atoms with E-state index in [1.165, 1.54) is 109 Å². The van der Waals surface area contributed by atoms with Crippen molar-refractivity contribution < 1.29 is 9.59 Å². The standard InChI is InChI=1S/C26H49NO2/c1-4-5-6-7-8-9-10-11-12-13-14-15-16-17-18-19-20-21-22-23-25(28)27-26(29)24(2)3/h2,4-23H2,1,3H3,(H,27,28,29). The molecule has 3 heteroatoms. The van der Waals surface area contributed by atoms with Crippen LogP contribution in [0.3, 0.4) is 0 Å². The average molecular weight is 408 g/mol. The van der Waals surface area contributed by atoms with Crippen LogP contribution < -0.4 is 5.32 Å². The van der Waals surface area contributed by atoms with Gasteiger partial charge in [-0.3, -0.25) is 14.9 Å². The second-order valence-electron chi connectivity index (χ2n) is 8.77. The van der Waals surface area contributed by atoms with Crippen molar-refractivity contribution in [1.29, 1.82) is 0 Å². The topological polar surface area (TPSA) is 46.2 Å². The highest BCUT2D eigenvalue weighted by Crippen LogP contribution is 2.14. The van der Waals surface area contributed by atoms with Gasteiger partial charge in [-0.2, -0.15) is 0 Å². The lowest BCUT2D eigenvalue weighted by Crippen LogP contribution is -2.30. The molecule has 0 atom stereocenters. The number of carbonyl (C=O) groups is 2. The predicted molar refractivity (Wildman–Crippen MR) is 126 cm³/mol. The van der Waals surface area contributed by atoms with Gasteiger partial charge in [0.05, 0.1) is 0 Å². The molecule has 29 heavy (non-hydrogen) atoms. The van der Waals surface area contributed by atoms with Gasteiger partial charge in [-0.1, -0.05) is 129 Å². The molecule has 0 radical (unpaired) electrons. The Labute approximate surface area is 181 Å². The SMILES string of the molecule is C=C(C)C(=O)NC(=O)CCCCCCCCCCCCCCCCCCCCC. The second-order valence-corrected chi connectivity index (χ2v) is 8.77. The minimum Gasteiger partial charge on any atom is -0.293 e. The maximum atomic E-state index is 11.6. The summed E-state index contributed by atoms with van der Waals surface area (Å²) < 4.78 is 0. The molecule has 170 valence electrons. The lowest BCUT2D eigenvalue weighted by molar-refractivity contribution is -0.128. The van der Waals surface area contributed by atoms with Crippen LogP contribution in [0.25, 0.3) is 0 Å². The average Bonchev–Trinajstić information content (AvgIpc) is 2.69. The van der Waals surface area contributed by atoms with Crippen molar-refractivity contribution in [1.82, 2.24) is 5.32 Å². The molecule has 1 N–H and O–H groups in total. The first-order valence-electron chi connectivity index (χ1n) is 12.6. The molecule has 0 bridgehead atoms. The fourth-order valence-corrected chi connectivity index (χ4v) is 3.66. The van der Waals surface area contributed by atoms with Crippen molar-refractivity contribution in [3.8, 4) is 0 Å². The van der Waals surface area contributed by atoms with Gasteiger partial charge in [0.2, 0.25) is 5.91 Å². The van der Waals surface area contributed by atoms with Crippen molar-refractivity contribution in [2.45, 2.75) is 142 Å². The number of hydrogen-bond acceptors (Lipinski definition) is 2. The number of amides is 2. The zero-order chi connectivity index (χ0) is 21.6. The van der Waals surface area contributed by atoms with Crippen LogP contribution in [0.1, 0.15) is 142 Å². The fourth-order valence-electron chi connectivity index (χ4n) is 3.66. The monoisotopic (exact) mass is 407 g/mol. The fraction of sp³-hybridized carbons (Fsp3) is 0.846. The van der Waals surface area contributed by atoms with Gasteiger partial charge in [0.15, 0.2) is 0 Å². The first-order valence-corrected chi connectivity index (χ1v) is 12.6. The maximum Gasteiger partial charge on any atom is 0.252 e. The third-order valence-corrected chi connectivity index (χ3v) is 5.65. The summed E-state index contributed by atoms with van der Waals surface area (Å²) in [5.74, 6) is -0.530. The Morgan fingerprint density at radius 3 is 1.21 bits per heavy atom. The molecular weight excluding hydrogens is 358 g/mol. The van der Waals surface area contributed by atoms with Crippen LogP contribution in [0.5, 0.6) is 0 Å². The Balaban J connectivity index is 3.16. The Kier molecular flexibility index (Phi) is 20.8. The summed E-state index contributed by atoms with van der Waals surface area (Å²) in [6, 6.07) is 0. The molecule has 0 aliphatic rings. The number of imide groups is 1. The largest absolute Gasteiger partial charge is 0.293 e. The van der Waals surface area contributed by atoms with Gasteiger partial charge in [0.25, 0.3) is 5.91 Å². The Morgan fingerprint density at radius 2 is 0.897 bits per heavy atom. The van der Waals surface area contributed by atoms with Crippen molar-refractivity contribution in [2.24, 2.45) is 0 Å². The number of nitrogens with one attached hydrogen (secondary N) is 1. The minimum absolute atomic E-state index is 0.176. The van der Waals surface area contributed by atoms with E-state index in [1.807, 2.05) is 0 Å². The molecule has 0 unspecified atom stereocenters. The molecule has 0 spiro atoms. The molecule has 3 nitrogen and oxygen atoms in total. The first kappa shape index (κ1) is 27.9. The molecule has 0 aliphatic heterocycles. The van der Waals surface area contributed by atoms with Crippen molar-refractivity contribution in [3.63, 3.8) is 0 Å². The summed E-state index contributed by atoms with van der Waals surface area (Å²) in [6.07, 6.45) is 26.0. The lowest BCUT2D eigenvalue weighted by Gasteiger charge is -2.04. The number of rotatable bonds is 21. The summed E-state index contributed by atoms with van der Waals surface area (Å²) >= 11 is 0. The number of hydrogen-bond donors (Lipinski definition) is 1. The zero-order valence-corrected chi connectivity index (χ0v) is 19.7. The molecule has 0 rings (SSSR count). The van der Waals surface area contributed by atoms with Crippen molar-refractivity contribution in [2.75, 3.05) is 0 Å². The van der Waals surface area contributed by atoms with Crippen LogP contribution >= 0.6 is 0 Å². The summed E-state index contributed by atoms with van der Waals surface area (Å²) in [4.78, 5) is 22.9. The molecule has 0 saturated heterocycles. The minimum atomic E-state index is -0.354. The molecule has 0 aromatic heterocycles. The highest BCUT2D eigenvalue weighted by molar-refractivity contribution is 6.03. The molecule has 0 saturated carbocycles. The van der Waals surface area contributed by atoms with Crippen LogP contribution in [0, 0.1) is 0 Å². The van der Waals surface area contributed by atoms with Gasteiger partial charge in [0.1, 0.15) is 0 Å². The third kappa shape index (κ3) is 21.4. The number of carbonyl (C=O) groups excluding carboxylic acids is 2. The summed E-state index contributed by atoms with van der Waals surface area (Å²) in [7, 11) is 0. The Morgan fingerprint density at radius 1 is 0.586 bits per heavy atom. The van der Waals surface area contributed by atoms with E-state index >= 15 is 0 Å². The van der Waals surface area contributed by atoms with Crippen LogP contribution in [0.2, 0.25) is 0 Å². The van der Waals surface area contributed by atoms with Gasteiger partial charge in [0, 0.05) is 12.0 Å². The smallest absolute Gasteiger partial charge is 0.252 e. The van der Waals surface area contributed by atoms with Crippen LogP contribution in [-0.4, -0.2) is 11.8 Å². The maximum absolute atomic E-state index is 11.6. The van der Waals surface area contributed by atoms with E-state index in [9.17, 15) is 9.59 Å². The highest BCUT2D eigenvalue weighted by Gasteiger charge is 2.07. The lowest BCUT2D eigenvalue weighted by atomic mass is 10.0. The Bertz CT molecular complexity index is 417. The molecule has 0 aliphatic carbocycles. The summed E-state index contributed by atoms with van der Waals surface area (Å²) in [5, 5.41) is 2.36. The van der Waals surface area contributed by atoms with Crippen LogP contribution in [0.4, 0.5) is 0 Å². The van der Waals surface area contributed by atoms with E-state index in [0.29, 0.717) is 12.0 Å². The van der Waals surface area contributed by atoms with Crippen molar-refractivity contribution in [3.05, 3.63) is 12.2 Å². The molecule has 0 fully saturated rings. The van der Waals surface area contributed by atoms with E-state index in [4.69, 9.17) is 0 Å². The van der Waals surface area contributed by atoms with E-state index in [0.717, 1.165) is 12.8 Å². The van der Waals surface area contributed by atoms with E-state index in [2.05, 4.69) is 18.8 Å². The van der Waals surface area contributed by atoms with E-state index in [1.54, 1.807) is 6.92 Å². The zero-order valence-electron chi connectivity index (χ0n) is 19.7. The molecule has 0 heterocycles. The third-order valence-electron chi connectivity index (χ3n) is 5.65. The van der Waals surface area contributed by atoms with E-state index in [-0.39, 0.29) is 11.8 Å².